The zero-order valence-corrected chi connectivity index (χ0v) is 18.3. The van der Waals surface area contributed by atoms with E-state index in [2.05, 4.69) is 55.5 Å². The molecule has 1 aromatic heterocycles. The molecule has 3 rings (SSSR count). The van der Waals surface area contributed by atoms with E-state index in [4.69, 9.17) is 0 Å². The number of unbranched alkanes of at least 4 members (excludes halogenated alkanes) is 1. The maximum Gasteiger partial charge on any atom is 0.274 e. The molecule has 1 atom stereocenters. The lowest BCUT2D eigenvalue weighted by Gasteiger charge is -2.23. The van der Waals surface area contributed by atoms with Gasteiger partial charge in [0, 0.05) is 12.4 Å². The van der Waals surface area contributed by atoms with Gasteiger partial charge in [-0.15, -0.1) is 0 Å². The summed E-state index contributed by atoms with van der Waals surface area (Å²) < 4.78 is 1.31. The van der Waals surface area contributed by atoms with Crippen LogP contribution in [0.3, 0.4) is 0 Å². The van der Waals surface area contributed by atoms with Crippen molar-refractivity contribution in [2.75, 3.05) is 0 Å². The fourth-order valence-electron chi connectivity index (χ4n) is 3.79. The van der Waals surface area contributed by atoms with Gasteiger partial charge in [0.1, 0.15) is 0 Å². The van der Waals surface area contributed by atoms with Gasteiger partial charge in [0.2, 0.25) is 5.91 Å². The Kier molecular flexibility index (Phi) is 7.03. The van der Waals surface area contributed by atoms with E-state index in [1.165, 1.54) is 23.1 Å². The molecular formula is C25H31N3O2. The number of rotatable bonds is 8. The van der Waals surface area contributed by atoms with Crippen LogP contribution in [0.25, 0.3) is 10.8 Å². The number of nitrogens with one attached hydrogen (secondary N) is 1. The van der Waals surface area contributed by atoms with Gasteiger partial charge in [-0.05, 0) is 36.0 Å². The maximum absolute atomic E-state index is 12.9. The molecule has 0 saturated carbocycles. The number of hydrogen-bond acceptors (Lipinski definition) is 3. The van der Waals surface area contributed by atoms with Crippen LogP contribution in [0.5, 0.6) is 0 Å². The van der Waals surface area contributed by atoms with E-state index >= 15 is 0 Å². The number of fused-ring (bicyclic) bond motifs is 1. The molecule has 5 heteroatoms. The molecule has 0 saturated heterocycles. The van der Waals surface area contributed by atoms with Gasteiger partial charge >= 0.3 is 0 Å². The van der Waals surface area contributed by atoms with Gasteiger partial charge in [-0.1, -0.05) is 69.7 Å². The summed E-state index contributed by atoms with van der Waals surface area (Å²) in [5, 5.41) is 8.84. The molecule has 3 aromatic rings. The monoisotopic (exact) mass is 405 g/mol. The molecular weight excluding hydrogens is 374 g/mol. The van der Waals surface area contributed by atoms with E-state index in [-0.39, 0.29) is 29.8 Å². The van der Waals surface area contributed by atoms with Crippen molar-refractivity contribution in [1.82, 2.24) is 15.1 Å². The summed E-state index contributed by atoms with van der Waals surface area (Å²) in [6.07, 6.45) is 3.58. The van der Waals surface area contributed by atoms with E-state index in [0.717, 1.165) is 17.4 Å². The molecule has 0 bridgehead atoms. The van der Waals surface area contributed by atoms with Gasteiger partial charge in [0.05, 0.1) is 23.5 Å². The number of aryl methyl sites for hydroxylation is 2. The van der Waals surface area contributed by atoms with Crippen molar-refractivity contribution in [1.29, 1.82) is 0 Å². The fourth-order valence-corrected chi connectivity index (χ4v) is 3.79. The van der Waals surface area contributed by atoms with Crippen LogP contribution < -0.4 is 10.9 Å². The molecule has 0 aliphatic carbocycles. The first-order valence-electron chi connectivity index (χ1n) is 10.7. The van der Waals surface area contributed by atoms with Crippen LogP contribution >= 0.6 is 0 Å². The lowest BCUT2D eigenvalue weighted by Crippen LogP contribution is -2.33. The number of amides is 1. The van der Waals surface area contributed by atoms with Crippen molar-refractivity contribution >= 4 is 16.7 Å². The van der Waals surface area contributed by atoms with Gasteiger partial charge in [-0.25, -0.2) is 4.68 Å². The Labute approximate surface area is 178 Å². The van der Waals surface area contributed by atoms with Crippen LogP contribution in [0.15, 0.2) is 53.3 Å². The molecule has 2 aromatic carbocycles. The molecule has 0 aliphatic heterocycles. The van der Waals surface area contributed by atoms with E-state index in [0.29, 0.717) is 11.1 Å². The molecule has 1 heterocycles. The Morgan fingerprint density at radius 2 is 1.73 bits per heavy atom. The van der Waals surface area contributed by atoms with Crippen LogP contribution in [0.2, 0.25) is 0 Å². The number of nitrogens with zero attached hydrogens (tertiary/aromatic N) is 2. The highest BCUT2D eigenvalue weighted by Gasteiger charge is 2.20. The third kappa shape index (κ3) is 4.96. The Morgan fingerprint density at radius 3 is 2.37 bits per heavy atom. The predicted molar refractivity (Wildman–Crippen MR) is 121 cm³/mol. The molecule has 0 spiro atoms. The lowest BCUT2D eigenvalue weighted by molar-refractivity contribution is -0.121. The highest BCUT2D eigenvalue weighted by atomic mass is 16.2. The Morgan fingerprint density at radius 1 is 1.07 bits per heavy atom. The van der Waals surface area contributed by atoms with Gasteiger partial charge in [-0.2, -0.15) is 5.10 Å². The van der Waals surface area contributed by atoms with Crippen LogP contribution in [-0.2, 0) is 24.7 Å². The average Bonchev–Trinajstić information content (AvgIpc) is 2.74. The largest absolute Gasteiger partial charge is 0.349 e. The van der Waals surface area contributed by atoms with Crippen molar-refractivity contribution in [2.24, 2.45) is 13.0 Å². The second-order valence-electron chi connectivity index (χ2n) is 8.23. The molecule has 5 nitrogen and oxygen atoms in total. The summed E-state index contributed by atoms with van der Waals surface area (Å²) in [5.74, 6) is 0.153. The summed E-state index contributed by atoms with van der Waals surface area (Å²) in [5.41, 5.74) is 2.90. The predicted octanol–water partition coefficient (Wildman–Crippen LogP) is 4.33. The first kappa shape index (κ1) is 21.8. The molecule has 1 amide bonds. The minimum Gasteiger partial charge on any atom is -0.349 e. The second kappa shape index (κ2) is 9.70. The number of benzene rings is 2. The van der Waals surface area contributed by atoms with Crippen molar-refractivity contribution < 1.29 is 4.79 Å². The number of aromatic nitrogens is 2. The molecule has 30 heavy (non-hydrogen) atoms. The smallest absolute Gasteiger partial charge is 0.274 e. The average molecular weight is 406 g/mol. The van der Waals surface area contributed by atoms with Crippen molar-refractivity contribution in [3.8, 4) is 0 Å². The van der Waals surface area contributed by atoms with E-state index < -0.39 is 0 Å². The molecule has 0 fully saturated rings. The van der Waals surface area contributed by atoms with E-state index in [9.17, 15) is 9.59 Å². The molecule has 1 N–H and O–H groups in total. The van der Waals surface area contributed by atoms with Crippen LogP contribution in [0, 0.1) is 5.92 Å². The van der Waals surface area contributed by atoms with Crippen molar-refractivity contribution in [2.45, 2.75) is 52.5 Å². The van der Waals surface area contributed by atoms with Crippen molar-refractivity contribution in [3.05, 3.63) is 75.7 Å². The molecule has 158 valence electrons. The normalized spacial score (nSPS) is 12.3. The van der Waals surface area contributed by atoms with Crippen molar-refractivity contribution in [3.63, 3.8) is 0 Å². The maximum atomic E-state index is 12.9. The number of carbonyl (C=O) groups excluding carboxylic acids is 1. The van der Waals surface area contributed by atoms with Gasteiger partial charge in [0.15, 0.2) is 0 Å². The van der Waals surface area contributed by atoms with E-state index in [1.54, 1.807) is 13.1 Å². The first-order valence-corrected chi connectivity index (χ1v) is 10.7. The first-order chi connectivity index (χ1) is 14.4. The minimum absolute atomic E-state index is 0.0727. The minimum atomic E-state index is -0.155. The summed E-state index contributed by atoms with van der Waals surface area (Å²) in [6.45, 7) is 6.41. The number of carbonyl (C=O) groups is 1. The summed E-state index contributed by atoms with van der Waals surface area (Å²) >= 11 is 0. The zero-order chi connectivity index (χ0) is 21.7. The SMILES string of the molecule is CCCCc1ccc(C(NC(=O)Cc2nn(C)c(=O)c3ccccc23)C(C)C)cc1. The second-order valence-corrected chi connectivity index (χ2v) is 8.23. The van der Waals surface area contributed by atoms with E-state index in [1.807, 2.05) is 18.2 Å². The third-order valence-electron chi connectivity index (χ3n) is 5.50. The molecule has 1 unspecified atom stereocenters. The highest BCUT2D eigenvalue weighted by Crippen LogP contribution is 2.23. The summed E-state index contributed by atoms with van der Waals surface area (Å²) in [4.78, 5) is 25.2. The highest BCUT2D eigenvalue weighted by molar-refractivity contribution is 5.88. The lowest BCUT2D eigenvalue weighted by atomic mass is 9.94. The van der Waals surface area contributed by atoms with Crippen LogP contribution in [0.4, 0.5) is 0 Å². The number of hydrogen-bond donors (Lipinski definition) is 1. The standard InChI is InChI=1S/C25H31N3O2/c1-5-6-9-18-12-14-19(15-13-18)24(17(2)3)26-23(29)16-22-20-10-7-8-11-21(20)25(30)28(4)27-22/h7-8,10-15,17,24H,5-6,9,16H2,1-4H3,(H,26,29). The van der Waals surface area contributed by atoms with Gasteiger partial charge < -0.3 is 5.32 Å². The molecule has 0 aliphatic rings. The fraction of sp³-hybridized carbons (Fsp3) is 0.400. The van der Waals surface area contributed by atoms with Gasteiger partial charge in [-0.3, -0.25) is 9.59 Å². The zero-order valence-electron chi connectivity index (χ0n) is 18.3. The summed E-state index contributed by atoms with van der Waals surface area (Å²) in [6, 6.07) is 15.8. The topological polar surface area (TPSA) is 64.0 Å². The third-order valence-corrected chi connectivity index (χ3v) is 5.50. The summed E-state index contributed by atoms with van der Waals surface area (Å²) in [7, 11) is 1.62. The quantitative estimate of drug-likeness (QED) is 0.607. The Hall–Kier alpha value is -2.95. The van der Waals surface area contributed by atoms with Crippen LogP contribution in [-0.4, -0.2) is 15.7 Å². The Balaban J connectivity index is 1.79. The Bertz CT molecular complexity index is 1070. The van der Waals surface area contributed by atoms with Gasteiger partial charge in [0.25, 0.3) is 5.56 Å². The van der Waals surface area contributed by atoms with Crippen LogP contribution in [0.1, 0.15) is 56.5 Å². The molecule has 0 radical (unpaired) electrons.